The van der Waals surface area contributed by atoms with E-state index >= 15 is 0 Å². The van der Waals surface area contributed by atoms with Crippen LogP contribution in [0, 0.1) is 10.1 Å². The van der Waals surface area contributed by atoms with Gasteiger partial charge in [0.05, 0.1) is 17.4 Å². The monoisotopic (exact) mass is 686 g/mol. The zero-order valence-corrected chi connectivity index (χ0v) is 32.5. The lowest BCUT2D eigenvalue weighted by Gasteiger charge is -2.16. The lowest BCUT2D eigenvalue weighted by Crippen LogP contribution is -2.17. The minimum Gasteiger partial charge on any atom is -0.465 e. The highest BCUT2D eigenvalue weighted by Gasteiger charge is 2.22. The van der Waals surface area contributed by atoms with Gasteiger partial charge in [-0.3, -0.25) is 14.9 Å². The topological polar surface area (TPSA) is 69.4 Å². The lowest BCUT2D eigenvalue weighted by atomic mass is 9.92. The van der Waals surface area contributed by atoms with Crippen molar-refractivity contribution in [2.24, 2.45) is 0 Å². The number of carbonyl (C=O) groups excluding carboxylic acids is 1. The molecule has 0 aliphatic carbocycles. The van der Waals surface area contributed by atoms with Gasteiger partial charge in [-0.15, -0.1) is 0 Å². The molecular formula is C44H79NO4. The number of nitrogens with zero attached hydrogens (tertiary/aromatic N) is 1. The molecule has 1 atom stereocenters. The SMILES string of the molecule is CCCCCCCCCCCCCCCCCCOC(=O)C(CCCCCCCCCCCCCCCCCC)c1ccc([N+](=O)[O-])cc1. The van der Waals surface area contributed by atoms with Gasteiger partial charge < -0.3 is 4.74 Å². The quantitative estimate of drug-likeness (QED) is 0.0302. The van der Waals surface area contributed by atoms with Crippen LogP contribution in [-0.2, 0) is 9.53 Å². The zero-order chi connectivity index (χ0) is 35.5. The fourth-order valence-corrected chi connectivity index (χ4v) is 7.07. The van der Waals surface area contributed by atoms with Crippen molar-refractivity contribution in [1.29, 1.82) is 0 Å². The van der Waals surface area contributed by atoms with Crippen molar-refractivity contribution in [3.05, 3.63) is 39.9 Å². The maximum atomic E-state index is 13.2. The summed E-state index contributed by atoms with van der Waals surface area (Å²) in [5.74, 6) is -0.510. The number of nitro benzene ring substituents is 1. The summed E-state index contributed by atoms with van der Waals surface area (Å²) in [4.78, 5) is 23.9. The maximum Gasteiger partial charge on any atom is 0.313 e. The number of esters is 1. The van der Waals surface area contributed by atoms with Crippen LogP contribution in [0.25, 0.3) is 0 Å². The summed E-state index contributed by atoms with van der Waals surface area (Å²) in [6.45, 7) is 5.03. The van der Waals surface area contributed by atoms with Crippen LogP contribution in [0.2, 0.25) is 0 Å². The predicted molar refractivity (Wildman–Crippen MR) is 211 cm³/mol. The van der Waals surface area contributed by atoms with Gasteiger partial charge in [0.1, 0.15) is 0 Å². The highest BCUT2D eigenvalue weighted by Crippen LogP contribution is 2.27. The normalized spacial score (nSPS) is 12.0. The molecule has 0 N–H and O–H groups in total. The van der Waals surface area contributed by atoms with Gasteiger partial charge in [-0.05, 0) is 18.4 Å². The van der Waals surface area contributed by atoms with Crippen molar-refractivity contribution >= 4 is 11.7 Å². The molecule has 0 radical (unpaired) electrons. The Bertz CT molecular complexity index is 870. The van der Waals surface area contributed by atoms with E-state index < -0.39 is 0 Å². The van der Waals surface area contributed by atoms with Gasteiger partial charge >= 0.3 is 5.97 Å². The van der Waals surface area contributed by atoms with E-state index in [1.807, 2.05) is 0 Å². The summed E-state index contributed by atoms with van der Waals surface area (Å²) < 4.78 is 5.76. The number of nitro groups is 1. The Morgan fingerprint density at radius 1 is 0.510 bits per heavy atom. The molecule has 1 aromatic carbocycles. The smallest absolute Gasteiger partial charge is 0.313 e. The summed E-state index contributed by atoms with van der Waals surface area (Å²) in [6.07, 6.45) is 43.1. The minimum atomic E-state index is -0.385. The molecule has 0 fully saturated rings. The molecular weight excluding hydrogens is 606 g/mol. The fraction of sp³-hybridized carbons (Fsp3) is 0.841. The number of rotatable bonds is 37. The maximum absolute atomic E-state index is 13.2. The van der Waals surface area contributed by atoms with E-state index in [4.69, 9.17) is 4.74 Å². The highest BCUT2D eigenvalue weighted by atomic mass is 16.6. The first-order chi connectivity index (χ1) is 24.1. The van der Waals surface area contributed by atoms with Crippen LogP contribution in [0.1, 0.15) is 237 Å². The molecule has 0 aliphatic heterocycles. The van der Waals surface area contributed by atoms with Crippen LogP contribution < -0.4 is 0 Å². The number of non-ortho nitro benzene ring substituents is 1. The average Bonchev–Trinajstić information content (AvgIpc) is 3.11. The molecule has 284 valence electrons. The number of benzene rings is 1. The largest absolute Gasteiger partial charge is 0.465 e. The third-order valence-electron chi connectivity index (χ3n) is 10.4. The van der Waals surface area contributed by atoms with Gasteiger partial charge in [0.2, 0.25) is 0 Å². The summed E-state index contributed by atoms with van der Waals surface area (Å²) in [7, 11) is 0. The Kier molecular flexibility index (Phi) is 31.8. The van der Waals surface area contributed by atoms with Crippen LogP contribution in [0.15, 0.2) is 24.3 Å². The molecule has 1 unspecified atom stereocenters. The Balaban J connectivity index is 2.15. The lowest BCUT2D eigenvalue weighted by molar-refractivity contribution is -0.384. The van der Waals surface area contributed by atoms with E-state index in [0.29, 0.717) is 6.61 Å². The van der Waals surface area contributed by atoms with E-state index in [1.165, 1.54) is 192 Å². The number of hydrogen-bond acceptors (Lipinski definition) is 4. The van der Waals surface area contributed by atoms with Gasteiger partial charge in [0.25, 0.3) is 5.69 Å². The molecule has 0 aromatic heterocycles. The van der Waals surface area contributed by atoms with Gasteiger partial charge in [0.15, 0.2) is 0 Å². The van der Waals surface area contributed by atoms with Gasteiger partial charge in [0, 0.05) is 12.1 Å². The number of hydrogen-bond donors (Lipinski definition) is 0. The van der Waals surface area contributed by atoms with Gasteiger partial charge in [-0.25, -0.2) is 0 Å². The number of carbonyl (C=O) groups is 1. The first-order valence-electron chi connectivity index (χ1n) is 21.5. The molecule has 0 saturated heterocycles. The molecule has 1 rings (SSSR count). The number of unbranched alkanes of at least 4 members (excludes halogenated alkanes) is 30. The summed E-state index contributed by atoms with van der Waals surface area (Å²) in [6, 6.07) is 6.51. The Hall–Kier alpha value is -1.91. The Morgan fingerprint density at radius 3 is 1.14 bits per heavy atom. The minimum absolute atomic E-state index is 0.0615. The van der Waals surface area contributed by atoms with E-state index in [9.17, 15) is 14.9 Å². The third-order valence-corrected chi connectivity index (χ3v) is 10.4. The average molecular weight is 686 g/mol. The molecule has 49 heavy (non-hydrogen) atoms. The summed E-state index contributed by atoms with van der Waals surface area (Å²) in [5, 5.41) is 11.2. The van der Waals surface area contributed by atoms with E-state index in [2.05, 4.69) is 13.8 Å². The van der Waals surface area contributed by atoms with Crippen LogP contribution in [0.4, 0.5) is 5.69 Å². The molecule has 5 heteroatoms. The first-order valence-corrected chi connectivity index (χ1v) is 21.5. The molecule has 0 spiro atoms. The zero-order valence-electron chi connectivity index (χ0n) is 32.5. The molecule has 0 bridgehead atoms. The van der Waals surface area contributed by atoms with Crippen LogP contribution in [0.3, 0.4) is 0 Å². The molecule has 5 nitrogen and oxygen atoms in total. The molecule has 1 aromatic rings. The second-order valence-electron chi connectivity index (χ2n) is 15.0. The molecule has 0 saturated carbocycles. The van der Waals surface area contributed by atoms with Crippen LogP contribution in [-0.4, -0.2) is 17.5 Å². The third kappa shape index (κ3) is 27.5. The van der Waals surface area contributed by atoms with Crippen molar-refractivity contribution < 1.29 is 14.5 Å². The first kappa shape index (κ1) is 45.1. The fourth-order valence-electron chi connectivity index (χ4n) is 7.07. The predicted octanol–water partition coefficient (Wildman–Crippen LogP) is 15.1. The summed E-state index contributed by atoms with van der Waals surface area (Å²) in [5.41, 5.74) is 0.898. The van der Waals surface area contributed by atoms with E-state index in [-0.39, 0.29) is 22.5 Å². The highest BCUT2D eigenvalue weighted by molar-refractivity contribution is 5.78. The van der Waals surface area contributed by atoms with Crippen LogP contribution >= 0.6 is 0 Å². The molecule has 0 amide bonds. The second-order valence-corrected chi connectivity index (χ2v) is 15.0. The van der Waals surface area contributed by atoms with Crippen molar-refractivity contribution in [3.8, 4) is 0 Å². The Morgan fingerprint density at radius 2 is 0.816 bits per heavy atom. The number of ether oxygens (including phenoxy) is 1. The van der Waals surface area contributed by atoms with Crippen molar-refractivity contribution in [3.63, 3.8) is 0 Å². The van der Waals surface area contributed by atoms with Gasteiger partial charge in [-0.2, -0.15) is 0 Å². The standard InChI is InChI=1S/C44H79NO4/c1-3-5-7-9-11-13-15-17-19-21-23-25-27-29-31-33-35-43(41-36-38-42(39-37-41)45(47)48)44(46)49-40-34-32-30-28-26-24-22-20-18-16-14-12-10-8-6-4-2/h36-39,43H,3-35,40H2,1-2H3. The Labute approximate surface area is 303 Å². The molecule has 0 aliphatic rings. The van der Waals surface area contributed by atoms with E-state index in [0.717, 1.165) is 37.7 Å². The van der Waals surface area contributed by atoms with Crippen molar-refractivity contribution in [1.82, 2.24) is 0 Å². The van der Waals surface area contributed by atoms with Crippen LogP contribution in [0.5, 0.6) is 0 Å². The van der Waals surface area contributed by atoms with Gasteiger partial charge in [-0.1, -0.05) is 225 Å². The molecule has 0 heterocycles. The second kappa shape index (κ2) is 34.5. The summed E-state index contributed by atoms with van der Waals surface area (Å²) >= 11 is 0. The van der Waals surface area contributed by atoms with E-state index in [1.54, 1.807) is 12.1 Å². The van der Waals surface area contributed by atoms with Crippen molar-refractivity contribution in [2.45, 2.75) is 232 Å². The van der Waals surface area contributed by atoms with Crippen molar-refractivity contribution in [2.75, 3.05) is 6.61 Å².